The molecule has 0 amide bonds. The van der Waals surface area contributed by atoms with Crippen LogP contribution in [0.3, 0.4) is 0 Å². The van der Waals surface area contributed by atoms with Crippen molar-refractivity contribution in [2.45, 2.75) is 37.2 Å². The van der Waals surface area contributed by atoms with Gasteiger partial charge in [0.25, 0.3) is 0 Å². The minimum absolute atomic E-state index is 0.0175. The zero-order valence-corrected chi connectivity index (χ0v) is 12.9. The highest BCUT2D eigenvalue weighted by Gasteiger charge is 2.28. The van der Waals surface area contributed by atoms with Crippen molar-refractivity contribution in [1.82, 2.24) is 0 Å². The number of thiophene rings is 1. The molecule has 0 spiro atoms. The fourth-order valence-electron chi connectivity index (χ4n) is 1.28. The maximum atomic E-state index is 11.9. The van der Waals surface area contributed by atoms with E-state index < -0.39 is 12.8 Å². The van der Waals surface area contributed by atoms with E-state index in [9.17, 15) is 13.2 Å². The average molecular weight is 345 g/mol. The van der Waals surface area contributed by atoms with Crippen molar-refractivity contribution in [1.29, 1.82) is 0 Å². The van der Waals surface area contributed by atoms with E-state index in [2.05, 4.69) is 41.4 Å². The molecule has 0 N–H and O–H groups in total. The summed E-state index contributed by atoms with van der Waals surface area (Å²) in [6, 6.07) is 3.94. The van der Waals surface area contributed by atoms with Crippen molar-refractivity contribution in [3.63, 3.8) is 0 Å². The monoisotopic (exact) mass is 344 g/mol. The Hall–Kier alpha value is -0.0700. The van der Waals surface area contributed by atoms with Crippen molar-refractivity contribution in [2.24, 2.45) is 0 Å². The number of hydrogen-bond acceptors (Lipinski definition) is 2. The molecule has 1 rings (SSSR count). The number of alkyl halides is 4. The maximum Gasteiger partial charge on any atom is 0.411 e. The highest BCUT2D eigenvalue weighted by Crippen LogP contribution is 2.35. The molecule has 1 heterocycles. The molecule has 1 atom stereocenters. The molecule has 1 nitrogen and oxygen atoms in total. The van der Waals surface area contributed by atoms with Gasteiger partial charge in [0.05, 0.1) is 11.4 Å². The zero-order valence-electron chi connectivity index (χ0n) is 10.5. The lowest BCUT2D eigenvalue weighted by molar-refractivity contribution is -0.173. The molecule has 0 aromatic carbocycles. The van der Waals surface area contributed by atoms with Crippen molar-refractivity contribution >= 4 is 27.3 Å². The second-order valence-corrected chi connectivity index (χ2v) is 7.27. The van der Waals surface area contributed by atoms with Gasteiger partial charge < -0.3 is 4.74 Å². The van der Waals surface area contributed by atoms with Crippen LogP contribution in [0.15, 0.2) is 12.1 Å². The molecule has 0 aliphatic carbocycles. The second-order valence-electron chi connectivity index (χ2n) is 5.05. The van der Waals surface area contributed by atoms with Gasteiger partial charge in [-0.15, -0.1) is 11.3 Å². The number of hydrogen-bond donors (Lipinski definition) is 0. The van der Waals surface area contributed by atoms with Gasteiger partial charge in [-0.05, 0) is 17.5 Å². The molecule has 1 unspecified atom stereocenters. The van der Waals surface area contributed by atoms with Crippen LogP contribution in [-0.2, 0) is 10.2 Å². The van der Waals surface area contributed by atoms with Crippen LogP contribution in [0.2, 0.25) is 0 Å². The van der Waals surface area contributed by atoms with Gasteiger partial charge in [0, 0.05) is 9.75 Å². The molecule has 1 aromatic rings. The molecule has 1 aromatic heterocycles. The van der Waals surface area contributed by atoms with Crippen LogP contribution in [0, 0.1) is 0 Å². The summed E-state index contributed by atoms with van der Waals surface area (Å²) in [5, 5.41) is 0. The topological polar surface area (TPSA) is 9.23 Å². The minimum Gasteiger partial charge on any atom is -0.370 e. The van der Waals surface area contributed by atoms with Gasteiger partial charge in [0.1, 0.15) is 6.61 Å². The first-order valence-corrected chi connectivity index (χ1v) is 7.21. The van der Waals surface area contributed by atoms with Crippen LogP contribution in [0.5, 0.6) is 0 Å². The van der Waals surface area contributed by atoms with Gasteiger partial charge >= 0.3 is 6.18 Å². The molecule has 18 heavy (non-hydrogen) atoms. The molecule has 0 radical (unpaired) electrons. The van der Waals surface area contributed by atoms with E-state index in [4.69, 9.17) is 0 Å². The van der Waals surface area contributed by atoms with Gasteiger partial charge in [-0.25, -0.2) is 0 Å². The van der Waals surface area contributed by atoms with Gasteiger partial charge in [0.15, 0.2) is 0 Å². The first kappa shape index (κ1) is 16.0. The predicted octanol–water partition coefficient (Wildman–Crippen LogP) is 5.06. The fourth-order valence-corrected chi connectivity index (χ4v) is 2.93. The van der Waals surface area contributed by atoms with Gasteiger partial charge in [-0.2, -0.15) is 13.2 Å². The Kier molecular flexibility index (Phi) is 5.26. The van der Waals surface area contributed by atoms with E-state index >= 15 is 0 Å². The van der Waals surface area contributed by atoms with Crippen LogP contribution >= 0.6 is 27.3 Å². The van der Waals surface area contributed by atoms with E-state index in [1.165, 1.54) is 4.88 Å². The van der Waals surface area contributed by atoms with Gasteiger partial charge in [-0.3, -0.25) is 0 Å². The molecular weight excluding hydrogens is 329 g/mol. The lowest BCUT2D eigenvalue weighted by Gasteiger charge is -2.15. The minimum atomic E-state index is -4.27. The molecule has 6 heteroatoms. The lowest BCUT2D eigenvalue weighted by Crippen LogP contribution is -2.18. The predicted molar refractivity (Wildman–Crippen MR) is 71.6 cm³/mol. The first-order valence-electron chi connectivity index (χ1n) is 5.48. The summed E-state index contributed by atoms with van der Waals surface area (Å²) in [4.78, 5) is 2.00. The Bertz CT molecular complexity index is 381. The molecule has 0 saturated carbocycles. The van der Waals surface area contributed by atoms with Crippen LogP contribution in [0.4, 0.5) is 13.2 Å². The van der Waals surface area contributed by atoms with Crippen molar-refractivity contribution in [3.05, 3.63) is 21.9 Å². The third kappa shape index (κ3) is 5.28. The van der Waals surface area contributed by atoms with Crippen molar-refractivity contribution in [2.75, 3.05) is 13.2 Å². The number of halogens is 4. The SMILES string of the molecule is CC(C)(C)c1ccc(C(Br)COCC(F)(F)F)s1. The molecule has 0 aliphatic rings. The molecular formula is C12H16BrF3OS. The summed E-state index contributed by atoms with van der Waals surface area (Å²) in [5.74, 6) is 0. The van der Waals surface area contributed by atoms with Crippen LogP contribution in [0.1, 0.15) is 35.4 Å². The average Bonchev–Trinajstić information content (AvgIpc) is 2.62. The lowest BCUT2D eigenvalue weighted by atomic mass is 9.95. The Morgan fingerprint density at radius 2 is 1.89 bits per heavy atom. The van der Waals surface area contributed by atoms with Crippen LogP contribution in [-0.4, -0.2) is 19.4 Å². The third-order valence-corrected chi connectivity index (χ3v) is 4.89. The Morgan fingerprint density at radius 3 is 2.33 bits per heavy atom. The summed E-state index contributed by atoms with van der Waals surface area (Å²) in [6.45, 7) is 5.13. The van der Waals surface area contributed by atoms with Crippen LogP contribution in [0.25, 0.3) is 0 Å². The molecule has 0 saturated heterocycles. The zero-order chi connectivity index (χ0) is 14.0. The number of rotatable bonds is 4. The van der Waals surface area contributed by atoms with E-state index in [0.29, 0.717) is 0 Å². The fraction of sp³-hybridized carbons (Fsp3) is 0.667. The molecule has 0 bridgehead atoms. The third-order valence-electron chi connectivity index (χ3n) is 2.20. The second kappa shape index (κ2) is 5.92. The quantitative estimate of drug-likeness (QED) is 0.693. The summed E-state index contributed by atoms with van der Waals surface area (Å²) in [6.07, 6.45) is -4.27. The largest absolute Gasteiger partial charge is 0.411 e. The Labute approximate surface area is 117 Å². The van der Waals surface area contributed by atoms with Crippen molar-refractivity contribution in [3.8, 4) is 0 Å². The smallest absolute Gasteiger partial charge is 0.370 e. The van der Waals surface area contributed by atoms with E-state index in [-0.39, 0.29) is 16.8 Å². The highest BCUT2D eigenvalue weighted by molar-refractivity contribution is 9.09. The van der Waals surface area contributed by atoms with Gasteiger partial charge in [-0.1, -0.05) is 36.7 Å². The summed E-state index contributed by atoms with van der Waals surface area (Å²) < 4.78 is 40.4. The molecule has 0 fully saturated rings. The number of ether oxygens (including phenoxy) is 1. The normalized spacial score (nSPS) is 14.8. The van der Waals surface area contributed by atoms with Crippen molar-refractivity contribution < 1.29 is 17.9 Å². The first-order chi connectivity index (χ1) is 8.09. The van der Waals surface area contributed by atoms with Crippen LogP contribution < -0.4 is 0 Å². The standard InChI is InChI=1S/C12H16BrF3OS/c1-11(2,3)10-5-4-9(18-10)8(13)6-17-7-12(14,15)16/h4-5,8H,6-7H2,1-3H3. The summed E-state index contributed by atoms with van der Waals surface area (Å²) in [5.41, 5.74) is 0.0580. The van der Waals surface area contributed by atoms with E-state index in [1.807, 2.05) is 12.1 Å². The van der Waals surface area contributed by atoms with Gasteiger partial charge in [0.2, 0.25) is 0 Å². The molecule has 104 valence electrons. The Balaban J connectivity index is 2.52. The Morgan fingerprint density at radius 1 is 1.28 bits per heavy atom. The van der Waals surface area contributed by atoms with E-state index in [1.54, 1.807) is 11.3 Å². The summed E-state index contributed by atoms with van der Waals surface area (Å²) >= 11 is 4.95. The summed E-state index contributed by atoms with van der Waals surface area (Å²) in [7, 11) is 0. The van der Waals surface area contributed by atoms with E-state index in [0.717, 1.165) is 4.88 Å². The maximum absolute atomic E-state index is 11.9. The molecule has 0 aliphatic heterocycles. The highest BCUT2D eigenvalue weighted by atomic mass is 79.9.